The van der Waals surface area contributed by atoms with Gasteiger partial charge in [0.15, 0.2) is 5.78 Å². The molecule has 1 atom stereocenters. The first-order chi connectivity index (χ1) is 15.5. The van der Waals surface area contributed by atoms with Crippen molar-refractivity contribution >= 4 is 23.3 Å². The van der Waals surface area contributed by atoms with E-state index in [1.165, 1.54) is 0 Å². The summed E-state index contributed by atoms with van der Waals surface area (Å²) >= 11 is 0. The first-order valence-corrected chi connectivity index (χ1v) is 10.7. The summed E-state index contributed by atoms with van der Waals surface area (Å²) in [5.41, 5.74) is 10.5. The molecule has 0 aromatic heterocycles. The standard InChI is InChI=1S/C26H23N3O3/c27-25(31)23-10-5-13-29(23)15-17-6-1-4-9-22(17)28-26(32)16-11-12-19-18-7-2-3-8-20(18)24(30)21(19)14-16/h1-4,6-9,11-12,14,23H,5,10,13,15H2,(H2,27,31)(H,28,32). The Kier molecular flexibility index (Phi) is 5.07. The molecule has 1 aliphatic carbocycles. The minimum Gasteiger partial charge on any atom is -0.368 e. The number of nitrogens with two attached hydrogens (primary N) is 1. The molecule has 3 N–H and O–H groups in total. The average molecular weight is 425 g/mol. The van der Waals surface area contributed by atoms with Crippen LogP contribution < -0.4 is 11.1 Å². The number of rotatable bonds is 5. The van der Waals surface area contributed by atoms with Crippen LogP contribution in [0.2, 0.25) is 0 Å². The van der Waals surface area contributed by atoms with Crippen molar-refractivity contribution < 1.29 is 14.4 Å². The van der Waals surface area contributed by atoms with Crippen molar-refractivity contribution in [1.29, 1.82) is 0 Å². The smallest absolute Gasteiger partial charge is 0.255 e. The number of para-hydroxylation sites is 1. The highest BCUT2D eigenvalue weighted by Crippen LogP contribution is 2.36. The fraction of sp³-hybridized carbons (Fsp3) is 0.192. The Bertz CT molecular complexity index is 1250. The number of benzene rings is 3. The molecular weight excluding hydrogens is 402 g/mol. The van der Waals surface area contributed by atoms with E-state index in [2.05, 4.69) is 10.2 Å². The lowest BCUT2D eigenvalue weighted by molar-refractivity contribution is -0.122. The maximum absolute atomic E-state index is 13.0. The third kappa shape index (κ3) is 3.48. The van der Waals surface area contributed by atoms with Gasteiger partial charge in [-0.3, -0.25) is 19.3 Å². The Morgan fingerprint density at radius 3 is 2.47 bits per heavy atom. The number of carbonyl (C=O) groups is 3. The molecule has 160 valence electrons. The zero-order valence-electron chi connectivity index (χ0n) is 17.5. The Hall–Kier alpha value is -3.77. The number of fused-ring (bicyclic) bond motifs is 3. The fourth-order valence-electron chi connectivity index (χ4n) is 4.70. The second-order valence-electron chi connectivity index (χ2n) is 8.28. The predicted octanol–water partition coefficient (Wildman–Crippen LogP) is 3.60. The fourth-order valence-corrected chi connectivity index (χ4v) is 4.70. The number of ketones is 1. The van der Waals surface area contributed by atoms with Gasteiger partial charge in [-0.25, -0.2) is 0 Å². The Morgan fingerprint density at radius 2 is 1.66 bits per heavy atom. The number of likely N-dealkylation sites (tertiary alicyclic amines) is 1. The number of nitrogens with zero attached hydrogens (tertiary/aromatic N) is 1. The number of carbonyl (C=O) groups excluding carboxylic acids is 3. The molecule has 5 rings (SSSR count). The van der Waals surface area contributed by atoms with Crippen LogP contribution in [0.25, 0.3) is 11.1 Å². The van der Waals surface area contributed by atoms with E-state index >= 15 is 0 Å². The van der Waals surface area contributed by atoms with Gasteiger partial charge in [0.25, 0.3) is 5.91 Å². The van der Waals surface area contributed by atoms with Gasteiger partial charge in [-0.1, -0.05) is 48.5 Å². The summed E-state index contributed by atoms with van der Waals surface area (Å²) in [5, 5.41) is 2.98. The average Bonchev–Trinajstić information content (AvgIpc) is 3.38. The highest BCUT2D eigenvalue weighted by molar-refractivity contribution is 6.22. The van der Waals surface area contributed by atoms with E-state index in [1.54, 1.807) is 12.1 Å². The summed E-state index contributed by atoms with van der Waals surface area (Å²) in [6.07, 6.45) is 1.68. The number of hydrogen-bond donors (Lipinski definition) is 2. The molecule has 6 nitrogen and oxygen atoms in total. The minimum atomic E-state index is -0.312. The van der Waals surface area contributed by atoms with Crippen molar-refractivity contribution in [3.05, 3.63) is 89.0 Å². The van der Waals surface area contributed by atoms with Crippen LogP contribution >= 0.6 is 0 Å². The Balaban J connectivity index is 1.38. The maximum Gasteiger partial charge on any atom is 0.255 e. The van der Waals surface area contributed by atoms with Gasteiger partial charge in [0, 0.05) is 28.9 Å². The van der Waals surface area contributed by atoms with E-state index < -0.39 is 0 Å². The number of nitrogens with one attached hydrogen (secondary N) is 1. The molecular formula is C26H23N3O3. The van der Waals surface area contributed by atoms with Crippen molar-refractivity contribution in [3.8, 4) is 11.1 Å². The van der Waals surface area contributed by atoms with Crippen LogP contribution in [-0.2, 0) is 11.3 Å². The lowest BCUT2D eigenvalue weighted by Crippen LogP contribution is -2.39. The summed E-state index contributed by atoms with van der Waals surface area (Å²) in [6.45, 7) is 1.32. The summed E-state index contributed by atoms with van der Waals surface area (Å²) in [5.74, 6) is -0.651. The summed E-state index contributed by atoms with van der Waals surface area (Å²) < 4.78 is 0. The molecule has 0 saturated carbocycles. The molecule has 3 aromatic carbocycles. The predicted molar refractivity (Wildman–Crippen MR) is 122 cm³/mol. The highest BCUT2D eigenvalue weighted by Gasteiger charge is 2.30. The van der Waals surface area contributed by atoms with Crippen LogP contribution in [0.15, 0.2) is 66.7 Å². The summed E-state index contributed by atoms with van der Waals surface area (Å²) in [6, 6.07) is 20.0. The lowest BCUT2D eigenvalue weighted by Gasteiger charge is -2.23. The maximum atomic E-state index is 13.0. The third-order valence-electron chi connectivity index (χ3n) is 6.32. The van der Waals surface area contributed by atoms with E-state index in [0.29, 0.717) is 28.9 Å². The molecule has 1 fully saturated rings. The van der Waals surface area contributed by atoms with Crippen LogP contribution in [0, 0.1) is 0 Å². The van der Waals surface area contributed by atoms with Gasteiger partial charge in [0.1, 0.15) is 0 Å². The van der Waals surface area contributed by atoms with E-state index in [-0.39, 0.29) is 23.6 Å². The summed E-state index contributed by atoms with van der Waals surface area (Å²) in [4.78, 5) is 39.6. The van der Waals surface area contributed by atoms with Crippen LogP contribution in [0.4, 0.5) is 5.69 Å². The lowest BCUT2D eigenvalue weighted by atomic mass is 10.0. The normalized spacial score (nSPS) is 17.1. The van der Waals surface area contributed by atoms with E-state index in [4.69, 9.17) is 5.73 Å². The molecule has 0 spiro atoms. The van der Waals surface area contributed by atoms with Crippen LogP contribution in [0.5, 0.6) is 0 Å². The van der Waals surface area contributed by atoms with Gasteiger partial charge in [-0.05, 0) is 54.3 Å². The number of amides is 2. The van der Waals surface area contributed by atoms with Crippen molar-refractivity contribution in [1.82, 2.24) is 4.90 Å². The van der Waals surface area contributed by atoms with Crippen LogP contribution in [0.1, 0.15) is 44.7 Å². The van der Waals surface area contributed by atoms with Crippen LogP contribution in [0.3, 0.4) is 0 Å². The zero-order valence-corrected chi connectivity index (χ0v) is 17.5. The molecule has 0 bridgehead atoms. The molecule has 1 heterocycles. The quantitative estimate of drug-likeness (QED) is 0.511. The minimum absolute atomic E-state index is 0.0582. The number of anilines is 1. The molecule has 32 heavy (non-hydrogen) atoms. The van der Waals surface area contributed by atoms with Gasteiger partial charge < -0.3 is 11.1 Å². The summed E-state index contributed by atoms with van der Waals surface area (Å²) in [7, 11) is 0. The first kappa shape index (κ1) is 20.2. The van der Waals surface area contributed by atoms with Crippen molar-refractivity contribution in [2.45, 2.75) is 25.4 Å². The van der Waals surface area contributed by atoms with E-state index in [0.717, 1.165) is 36.1 Å². The molecule has 1 aliphatic heterocycles. The monoisotopic (exact) mass is 425 g/mol. The second kappa shape index (κ2) is 8.05. The Labute approximate surface area is 186 Å². The molecule has 2 aliphatic rings. The topological polar surface area (TPSA) is 92.5 Å². The van der Waals surface area contributed by atoms with Crippen LogP contribution in [-0.4, -0.2) is 35.1 Å². The van der Waals surface area contributed by atoms with Gasteiger partial charge in [-0.2, -0.15) is 0 Å². The third-order valence-corrected chi connectivity index (χ3v) is 6.32. The SMILES string of the molecule is NC(=O)C1CCCN1Cc1ccccc1NC(=O)c1ccc2c(c1)C(=O)c1ccccc1-2. The molecule has 1 saturated heterocycles. The van der Waals surface area contributed by atoms with Gasteiger partial charge in [0.2, 0.25) is 5.91 Å². The molecule has 1 unspecified atom stereocenters. The molecule has 3 aromatic rings. The van der Waals surface area contributed by atoms with Crippen molar-refractivity contribution in [2.24, 2.45) is 5.73 Å². The van der Waals surface area contributed by atoms with Gasteiger partial charge in [-0.15, -0.1) is 0 Å². The van der Waals surface area contributed by atoms with Gasteiger partial charge >= 0.3 is 0 Å². The van der Waals surface area contributed by atoms with E-state index in [1.807, 2.05) is 54.6 Å². The first-order valence-electron chi connectivity index (χ1n) is 10.7. The molecule has 2 amide bonds. The number of hydrogen-bond acceptors (Lipinski definition) is 4. The van der Waals surface area contributed by atoms with Crippen molar-refractivity contribution in [3.63, 3.8) is 0 Å². The zero-order chi connectivity index (χ0) is 22.2. The molecule has 6 heteroatoms. The van der Waals surface area contributed by atoms with Crippen molar-refractivity contribution in [2.75, 3.05) is 11.9 Å². The number of primary amides is 1. The van der Waals surface area contributed by atoms with Gasteiger partial charge in [0.05, 0.1) is 6.04 Å². The van der Waals surface area contributed by atoms with E-state index in [9.17, 15) is 14.4 Å². The second-order valence-corrected chi connectivity index (χ2v) is 8.28. The molecule has 0 radical (unpaired) electrons. The Morgan fingerprint density at radius 1 is 0.938 bits per heavy atom. The highest BCUT2D eigenvalue weighted by atomic mass is 16.2. The largest absolute Gasteiger partial charge is 0.368 e.